The van der Waals surface area contributed by atoms with Gasteiger partial charge < -0.3 is 19.8 Å². The Morgan fingerprint density at radius 3 is 2.33 bits per heavy atom. The van der Waals surface area contributed by atoms with E-state index in [4.69, 9.17) is 14.3 Å². The molecule has 1 aromatic carbocycles. The van der Waals surface area contributed by atoms with Gasteiger partial charge in [0.15, 0.2) is 0 Å². The molecule has 4 nitrogen and oxygen atoms in total. The first-order valence-electron chi connectivity index (χ1n) is 4.65. The number of benzene rings is 1. The number of hydrogen-bond acceptors (Lipinski definition) is 3. The first-order chi connectivity index (χ1) is 6.69. The van der Waals surface area contributed by atoms with E-state index in [1.54, 1.807) is 6.07 Å². The zero-order valence-corrected chi connectivity index (χ0v) is 9.79. The molecule has 0 aromatic heterocycles. The van der Waals surface area contributed by atoms with Crippen LogP contribution in [-0.2, 0) is 12.8 Å². The van der Waals surface area contributed by atoms with Crippen LogP contribution in [0, 0.1) is 0 Å². The molecule has 0 spiro atoms. The smallest absolute Gasteiger partial charge is 0.391 e. The predicted molar refractivity (Wildman–Crippen MR) is 60.8 cm³/mol. The molecule has 0 bridgehead atoms. The van der Waals surface area contributed by atoms with Crippen molar-refractivity contribution < 1.29 is 19.8 Å². The topological polar surface area (TPSA) is 81.2 Å². The molecule has 86 valence electrons. The third kappa shape index (κ3) is 3.76. The fourth-order valence-corrected chi connectivity index (χ4v) is 1.86. The first-order valence-corrected chi connectivity index (χ1v) is 5.82. The average Bonchev–Trinajstić information content (AvgIpc) is 2.16. The second kappa shape index (κ2) is 6.75. The molecule has 0 aliphatic rings. The minimum absolute atomic E-state index is 0. The van der Waals surface area contributed by atoms with Crippen molar-refractivity contribution in [2.75, 3.05) is 0 Å². The Balaban J connectivity index is 0.00000196. The van der Waals surface area contributed by atoms with Crippen LogP contribution in [0.4, 0.5) is 0 Å². The molecule has 0 saturated carbocycles. The molecule has 4 N–H and O–H groups in total. The lowest BCUT2D eigenvalue weighted by molar-refractivity contribution is 0.373. The Bertz CT molecular complexity index is 301. The maximum Gasteiger partial charge on any atom is 0.391 e. The van der Waals surface area contributed by atoms with E-state index in [1.807, 2.05) is 19.1 Å². The minimum Gasteiger partial charge on any atom is -0.427 e. The van der Waals surface area contributed by atoms with Crippen molar-refractivity contribution in [3.05, 3.63) is 29.3 Å². The maximum atomic E-state index is 8.79. The van der Waals surface area contributed by atoms with Crippen molar-refractivity contribution in [1.29, 1.82) is 0 Å². The molecule has 0 radical (unpaired) electrons. The molecule has 0 heterocycles. The largest absolute Gasteiger partial charge is 0.427 e. The Hall–Kier alpha value is -0.670. The van der Waals surface area contributed by atoms with Gasteiger partial charge in [-0.15, -0.1) is 0 Å². The van der Waals surface area contributed by atoms with Gasteiger partial charge in [0.1, 0.15) is 5.75 Å². The van der Waals surface area contributed by atoms with Crippen LogP contribution in [0.25, 0.3) is 0 Å². The van der Waals surface area contributed by atoms with E-state index in [0.29, 0.717) is 5.75 Å². The summed E-state index contributed by atoms with van der Waals surface area (Å²) in [4.78, 5) is 17.6. The van der Waals surface area contributed by atoms with E-state index in [1.165, 1.54) is 5.56 Å². The van der Waals surface area contributed by atoms with Gasteiger partial charge in [0.25, 0.3) is 0 Å². The zero-order chi connectivity index (χ0) is 10.6. The summed E-state index contributed by atoms with van der Waals surface area (Å²) in [5.74, 6) is 0.586. The highest BCUT2D eigenvalue weighted by Gasteiger charge is 2.09. The standard InChI is InChI=1S/C10H15O3P.H2O/c1-3-8-6-5-7-10(9(8)4-2)13-14(11)12;/h5-7,11-12H,3-4H2,1-2H3;1H2. The van der Waals surface area contributed by atoms with Gasteiger partial charge in [0, 0.05) is 0 Å². The third-order valence-corrected chi connectivity index (χ3v) is 2.50. The second-order valence-electron chi connectivity index (χ2n) is 2.94. The van der Waals surface area contributed by atoms with Crippen molar-refractivity contribution in [3.8, 4) is 5.75 Å². The molecular formula is C10H17O4P. The van der Waals surface area contributed by atoms with Crippen LogP contribution < -0.4 is 4.52 Å². The lowest BCUT2D eigenvalue weighted by Crippen LogP contribution is -1.96. The van der Waals surface area contributed by atoms with Crippen LogP contribution in [0.5, 0.6) is 5.75 Å². The highest BCUT2D eigenvalue weighted by Crippen LogP contribution is 2.33. The molecule has 0 fully saturated rings. The zero-order valence-electron chi connectivity index (χ0n) is 8.90. The van der Waals surface area contributed by atoms with Gasteiger partial charge in [0.2, 0.25) is 0 Å². The van der Waals surface area contributed by atoms with Gasteiger partial charge >= 0.3 is 8.60 Å². The second-order valence-corrected chi connectivity index (χ2v) is 3.63. The van der Waals surface area contributed by atoms with Gasteiger partial charge in [-0.1, -0.05) is 26.0 Å². The van der Waals surface area contributed by atoms with Gasteiger partial charge in [-0.25, -0.2) is 0 Å². The molecule has 1 rings (SSSR count). The van der Waals surface area contributed by atoms with E-state index >= 15 is 0 Å². The number of hydrogen-bond donors (Lipinski definition) is 2. The highest BCUT2D eigenvalue weighted by molar-refractivity contribution is 7.39. The summed E-state index contributed by atoms with van der Waals surface area (Å²) in [6.45, 7) is 4.09. The summed E-state index contributed by atoms with van der Waals surface area (Å²) >= 11 is 0. The summed E-state index contributed by atoms with van der Waals surface area (Å²) in [6, 6.07) is 5.66. The van der Waals surface area contributed by atoms with E-state index in [9.17, 15) is 0 Å². The van der Waals surface area contributed by atoms with Crippen molar-refractivity contribution in [3.63, 3.8) is 0 Å². The first kappa shape index (κ1) is 14.3. The Morgan fingerprint density at radius 1 is 1.20 bits per heavy atom. The van der Waals surface area contributed by atoms with E-state index in [2.05, 4.69) is 6.92 Å². The van der Waals surface area contributed by atoms with E-state index in [-0.39, 0.29) is 5.48 Å². The molecule has 0 aliphatic heterocycles. The highest BCUT2D eigenvalue weighted by atomic mass is 31.2. The van der Waals surface area contributed by atoms with Crippen LogP contribution in [0.15, 0.2) is 18.2 Å². The lowest BCUT2D eigenvalue weighted by atomic mass is 10.0. The number of aryl methyl sites for hydroxylation is 1. The van der Waals surface area contributed by atoms with Gasteiger partial charge in [-0.3, -0.25) is 0 Å². The van der Waals surface area contributed by atoms with E-state index in [0.717, 1.165) is 18.4 Å². The molecule has 0 unspecified atom stereocenters. The van der Waals surface area contributed by atoms with Crippen LogP contribution in [0.3, 0.4) is 0 Å². The van der Waals surface area contributed by atoms with Crippen LogP contribution in [0.2, 0.25) is 0 Å². The van der Waals surface area contributed by atoms with Crippen LogP contribution in [-0.4, -0.2) is 15.3 Å². The van der Waals surface area contributed by atoms with Crippen molar-refractivity contribution >= 4 is 8.60 Å². The summed E-state index contributed by atoms with van der Waals surface area (Å²) in [7, 11) is -2.32. The van der Waals surface area contributed by atoms with Crippen molar-refractivity contribution in [2.24, 2.45) is 0 Å². The Kier molecular flexibility index (Phi) is 6.45. The number of rotatable bonds is 4. The van der Waals surface area contributed by atoms with Crippen molar-refractivity contribution in [1.82, 2.24) is 0 Å². The Morgan fingerprint density at radius 2 is 1.87 bits per heavy atom. The van der Waals surface area contributed by atoms with Crippen molar-refractivity contribution in [2.45, 2.75) is 26.7 Å². The lowest BCUT2D eigenvalue weighted by Gasteiger charge is -2.13. The molecule has 0 atom stereocenters. The molecule has 15 heavy (non-hydrogen) atoms. The average molecular weight is 232 g/mol. The quantitative estimate of drug-likeness (QED) is 0.773. The molecule has 0 amide bonds. The summed E-state index contributed by atoms with van der Waals surface area (Å²) < 4.78 is 4.95. The SMILES string of the molecule is CCc1cccc(OP(O)O)c1CC.O. The summed E-state index contributed by atoms with van der Waals surface area (Å²) in [5, 5.41) is 0. The molecule has 0 aliphatic carbocycles. The van der Waals surface area contributed by atoms with Gasteiger partial charge in [-0.05, 0) is 30.0 Å². The predicted octanol–water partition coefficient (Wildman–Crippen LogP) is 1.58. The fourth-order valence-electron chi connectivity index (χ4n) is 1.52. The molecule has 1 aromatic rings. The summed E-state index contributed by atoms with van der Waals surface area (Å²) in [6.07, 6.45) is 1.76. The Labute approximate surface area is 90.8 Å². The third-order valence-electron chi connectivity index (χ3n) is 2.14. The maximum absolute atomic E-state index is 8.79. The monoisotopic (exact) mass is 232 g/mol. The summed E-state index contributed by atoms with van der Waals surface area (Å²) in [5.41, 5.74) is 2.26. The molecule has 0 saturated heterocycles. The van der Waals surface area contributed by atoms with Gasteiger partial charge in [-0.2, -0.15) is 0 Å². The van der Waals surface area contributed by atoms with Crippen LogP contribution in [0.1, 0.15) is 25.0 Å². The fraction of sp³-hybridized carbons (Fsp3) is 0.400. The normalized spacial score (nSPS) is 9.93. The molecule has 5 heteroatoms. The molecular weight excluding hydrogens is 215 g/mol. The minimum atomic E-state index is -2.32. The van der Waals surface area contributed by atoms with Crippen LogP contribution >= 0.6 is 8.60 Å². The van der Waals surface area contributed by atoms with E-state index < -0.39 is 8.60 Å². The van der Waals surface area contributed by atoms with Gasteiger partial charge in [0.05, 0.1) is 0 Å².